The third-order valence-corrected chi connectivity index (χ3v) is 3.61. The van der Waals surface area contributed by atoms with Crippen LogP contribution in [0.1, 0.15) is 19.4 Å². The molecule has 6 heteroatoms. The van der Waals surface area contributed by atoms with Gasteiger partial charge in [-0.25, -0.2) is 0 Å². The molecule has 0 saturated heterocycles. The van der Waals surface area contributed by atoms with E-state index in [9.17, 15) is 10.1 Å². The number of hydrogen-bond donors (Lipinski definition) is 1. The fraction of sp³-hybridized carbons (Fsp3) is 0.238. The Morgan fingerprint density at radius 1 is 1.07 bits per heavy atom. The fourth-order valence-corrected chi connectivity index (χ4v) is 2.48. The van der Waals surface area contributed by atoms with Gasteiger partial charge in [0.05, 0.1) is 26.0 Å². The molecule has 0 unspecified atom stereocenters. The van der Waals surface area contributed by atoms with Gasteiger partial charge in [-0.05, 0) is 38.1 Å². The molecule has 0 bridgehead atoms. The van der Waals surface area contributed by atoms with Gasteiger partial charge < -0.3 is 19.5 Å². The molecule has 0 radical (unpaired) electrons. The lowest BCUT2D eigenvalue weighted by molar-refractivity contribution is -0.112. The Labute approximate surface area is 159 Å². The van der Waals surface area contributed by atoms with Crippen molar-refractivity contribution in [3.8, 4) is 23.3 Å². The van der Waals surface area contributed by atoms with Crippen molar-refractivity contribution in [2.45, 2.75) is 13.8 Å². The molecule has 2 rings (SSSR count). The molecule has 0 heterocycles. The number of nitrogens with one attached hydrogen (secondary N) is 1. The summed E-state index contributed by atoms with van der Waals surface area (Å²) in [5.41, 5.74) is 1.02. The van der Waals surface area contributed by atoms with Crippen LogP contribution in [0.15, 0.2) is 48.0 Å². The Bertz CT molecular complexity index is 869. The van der Waals surface area contributed by atoms with E-state index in [1.165, 1.54) is 13.2 Å². The molecular weight excluding hydrogens is 344 g/mol. The summed E-state index contributed by atoms with van der Waals surface area (Å²) < 4.78 is 16.4. The van der Waals surface area contributed by atoms with E-state index in [-0.39, 0.29) is 5.57 Å². The van der Waals surface area contributed by atoms with Crippen molar-refractivity contribution in [2.24, 2.45) is 0 Å². The van der Waals surface area contributed by atoms with E-state index in [1.54, 1.807) is 36.4 Å². The molecule has 0 aliphatic heterocycles. The highest BCUT2D eigenvalue weighted by molar-refractivity contribution is 6.10. The van der Waals surface area contributed by atoms with Gasteiger partial charge in [-0.15, -0.1) is 0 Å². The summed E-state index contributed by atoms with van der Waals surface area (Å²) in [6.07, 6.45) is 1.47. The largest absolute Gasteiger partial charge is 0.492 e. The molecule has 0 aromatic heterocycles. The van der Waals surface area contributed by atoms with Gasteiger partial charge in [0.2, 0.25) is 0 Å². The van der Waals surface area contributed by atoms with Gasteiger partial charge >= 0.3 is 0 Å². The fourth-order valence-electron chi connectivity index (χ4n) is 2.48. The Hall–Kier alpha value is -3.46. The highest BCUT2D eigenvalue weighted by Crippen LogP contribution is 2.32. The Kier molecular flexibility index (Phi) is 7.26. The maximum atomic E-state index is 12.6. The van der Waals surface area contributed by atoms with E-state index >= 15 is 0 Å². The van der Waals surface area contributed by atoms with Crippen LogP contribution in [0.25, 0.3) is 6.08 Å². The lowest BCUT2D eigenvalue weighted by Gasteiger charge is -2.12. The van der Waals surface area contributed by atoms with Crippen LogP contribution < -0.4 is 19.5 Å². The van der Waals surface area contributed by atoms with Crippen LogP contribution >= 0.6 is 0 Å². The zero-order valence-corrected chi connectivity index (χ0v) is 15.6. The minimum atomic E-state index is -0.534. The third-order valence-electron chi connectivity index (χ3n) is 3.61. The average molecular weight is 366 g/mol. The van der Waals surface area contributed by atoms with E-state index in [0.717, 1.165) is 0 Å². The minimum absolute atomic E-state index is 0.0618. The molecular formula is C21H22N2O4. The number of benzene rings is 2. The van der Waals surface area contributed by atoms with Crippen molar-refractivity contribution in [3.63, 3.8) is 0 Å². The molecule has 2 aromatic carbocycles. The molecule has 0 saturated carbocycles. The van der Waals surface area contributed by atoms with Crippen LogP contribution in [0.4, 0.5) is 5.69 Å². The van der Waals surface area contributed by atoms with Gasteiger partial charge in [0.1, 0.15) is 17.4 Å². The molecule has 0 aliphatic carbocycles. The van der Waals surface area contributed by atoms with E-state index in [2.05, 4.69) is 5.32 Å². The molecule has 2 aromatic rings. The number of ether oxygens (including phenoxy) is 3. The van der Waals surface area contributed by atoms with Gasteiger partial charge in [-0.3, -0.25) is 4.79 Å². The number of methoxy groups -OCH3 is 1. The topological polar surface area (TPSA) is 80.6 Å². The van der Waals surface area contributed by atoms with Crippen LogP contribution in [-0.2, 0) is 4.79 Å². The molecule has 6 nitrogen and oxygen atoms in total. The first-order valence-electron chi connectivity index (χ1n) is 8.59. The number of nitrogens with zero attached hydrogens (tertiary/aromatic N) is 1. The molecule has 0 spiro atoms. The smallest absolute Gasteiger partial charge is 0.266 e. The van der Waals surface area contributed by atoms with Crippen molar-refractivity contribution in [2.75, 3.05) is 25.6 Å². The number of rotatable bonds is 8. The number of hydrogen-bond acceptors (Lipinski definition) is 5. The predicted octanol–water partition coefficient (Wildman–Crippen LogP) is 4.04. The molecule has 0 atom stereocenters. The van der Waals surface area contributed by atoms with E-state index in [4.69, 9.17) is 14.2 Å². The predicted molar refractivity (Wildman–Crippen MR) is 104 cm³/mol. The van der Waals surface area contributed by atoms with Crippen LogP contribution in [-0.4, -0.2) is 26.2 Å². The summed E-state index contributed by atoms with van der Waals surface area (Å²) in [4.78, 5) is 12.6. The van der Waals surface area contributed by atoms with E-state index < -0.39 is 5.91 Å². The summed E-state index contributed by atoms with van der Waals surface area (Å²) in [5.74, 6) is 1.03. The van der Waals surface area contributed by atoms with Crippen LogP contribution in [0, 0.1) is 11.3 Å². The number of nitriles is 1. The lowest BCUT2D eigenvalue weighted by atomic mass is 10.1. The zero-order valence-electron chi connectivity index (χ0n) is 15.6. The van der Waals surface area contributed by atoms with Gasteiger partial charge in [0, 0.05) is 5.56 Å². The van der Waals surface area contributed by atoms with Crippen LogP contribution in [0.2, 0.25) is 0 Å². The maximum absolute atomic E-state index is 12.6. The second-order valence-corrected chi connectivity index (χ2v) is 5.36. The van der Waals surface area contributed by atoms with Crippen molar-refractivity contribution in [1.82, 2.24) is 0 Å². The second-order valence-electron chi connectivity index (χ2n) is 5.36. The first kappa shape index (κ1) is 19.9. The monoisotopic (exact) mass is 366 g/mol. The van der Waals surface area contributed by atoms with Crippen LogP contribution in [0.3, 0.4) is 0 Å². The quantitative estimate of drug-likeness (QED) is 0.563. The summed E-state index contributed by atoms with van der Waals surface area (Å²) >= 11 is 0. The summed E-state index contributed by atoms with van der Waals surface area (Å²) in [6, 6.07) is 14.3. The Morgan fingerprint density at radius 2 is 1.74 bits per heavy atom. The van der Waals surface area contributed by atoms with Crippen molar-refractivity contribution >= 4 is 17.7 Å². The number of amides is 1. The van der Waals surface area contributed by atoms with E-state index in [0.29, 0.717) is 41.7 Å². The number of para-hydroxylation sites is 3. The van der Waals surface area contributed by atoms with Gasteiger partial charge in [-0.2, -0.15) is 5.26 Å². The maximum Gasteiger partial charge on any atom is 0.266 e. The summed E-state index contributed by atoms with van der Waals surface area (Å²) in [5, 5.41) is 12.2. The Balaban J connectivity index is 2.33. The zero-order chi connectivity index (χ0) is 19.6. The molecule has 0 fully saturated rings. The van der Waals surface area contributed by atoms with Gasteiger partial charge in [0.15, 0.2) is 11.5 Å². The number of carbonyl (C=O) groups excluding carboxylic acids is 1. The highest BCUT2D eigenvalue weighted by atomic mass is 16.5. The summed E-state index contributed by atoms with van der Waals surface area (Å²) in [7, 11) is 1.51. The number of anilines is 1. The van der Waals surface area contributed by atoms with E-state index in [1.807, 2.05) is 26.0 Å². The molecule has 1 N–H and O–H groups in total. The third kappa shape index (κ3) is 5.02. The Morgan fingerprint density at radius 3 is 2.41 bits per heavy atom. The van der Waals surface area contributed by atoms with Crippen molar-refractivity contribution < 1.29 is 19.0 Å². The second kappa shape index (κ2) is 9.88. The molecule has 27 heavy (non-hydrogen) atoms. The van der Waals surface area contributed by atoms with Crippen molar-refractivity contribution in [3.05, 3.63) is 53.6 Å². The molecule has 1 amide bonds. The number of carbonyl (C=O) groups is 1. The first-order valence-corrected chi connectivity index (χ1v) is 8.59. The normalized spacial score (nSPS) is 10.7. The minimum Gasteiger partial charge on any atom is -0.492 e. The standard InChI is InChI=1S/C21H22N2O4/c1-4-26-18-11-7-6-10-17(18)23-21(24)16(14-22)13-15-9-8-12-19(27-5-2)20(15)25-3/h6-13H,4-5H2,1-3H3,(H,23,24)/b16-13+. The van der Waals surface area contributed by atoms with Gasteiger partial charge in [-0.1, -0.05) is 24.3 Å². The lowest BCUT2D eigenvalue weighted by Crippen LogP contribution is -2.14. The average Bonchev–Trinajstić information content (AvgIpc) is 2.68. The summed E-state index contributed by atoms with van der Waals surface area (Å²) in [6.45, 7) is 4.67. The van der Waals surface area contributed by atoms with Crippen molar-refractivity contribution in [1.29, 1.82) is 5.26 Å². The first-order chi connectivity index (χ1) is 13.1. The SMILES string of the molecule is CCOc1ccccc1NC(=O)/C(C#N)=C/c1cccc(OCC)c1OC. The van der Waals surface area contributed by atoms with Crippen LogP contribution in [0.5, 0.6) is 17.2 Å². The molecule has 0 aliphatic rings. The molecule has 140 valence electrons. The van der Waals surface area contributed by atoms with Gasteiger partial charge in [0.25, 0.3) is 5.91 Å². The highest BCUT2D eigenvalue weighted by Gasteiger charge is 2.15.